The highest BCUT2D eigenvalue weighted by molar-refractivity contribution is 4.89. The molecule has 0 amide bonds. The van der Waals surface area contributed by atoms with Crippen molar-refractivity contribution in [3.63, 3.8) is 0 Å². The van der Waals surface area contributed by atoms with Crippen LogP contribution in [0, 0.1) is 5.41 Å². The molecular formula is C14H28N2. The molecule has 0 radical (unpaired) electrons. The van der Waals surface area contributed by atoms with Gasteiger partial charge in [0.2, 0.25) is 0 Å². The quantitative estimate of drug-likeness (QED) is 0.722. The largest absolute Gasteiger partial charge is 0.315 e. The number of piperidine rings is 1. The van der Waals surface area contributed by atoms with Crippen LogP contribution < -0.4 is 5.32 Å². The van der Waals surface area contributed by atoms with Crippen LogP contribution in [0.1, 0.15) is 51.9 Å². The Balaban J connectivity index is 1.61. The van der Waals surface area contributed by atoms with Crippen molar-refractivity contribution in [1.82, 2.24) is 10.2 Å². The van der Waals surface area contributed by atoms with Gasteiger partial charge in [-0.3, -0.25) is 0 Å². The number of rotatable bonds is 5. The van der Waals surface area contributed by atoms with Gasteiger partial charge >= 0.3 is 0 Å². The van der Waals surface area contributed by atoms with Crippen LogP contribution in [-0.4, -0.2) is 37.6 Å². The molecule has 2 heteroatoms. The van der Waals surface area contributed by atoms with Crippen molar-refractivity contribution >= 4 is 0 Å². The molecule has 0 unspecified atom stereocenters. The molecule has 1 N–H and O–H groups in total. The fraction of sp³-hybridized carbons (Fsp3) is 1.00. The Hall–Kier alpha value is -0.0800. The predicted molar refractivity (Wildman–Crippen MR) is 69.7 cm³/mol. The van der Waals surface area contributed by atoms with Crippen LogP contribution in [0.25, 0.3) is 0 Å². The summed E-state index contributed by atoms with van der Waals surface area (Å²) in [5.74, 6) is 0. The summed E-state index contributed by atoms with van der Waals surface area (Å²) in [7, 11) is 0. The maximum Gasteiger partial charge on any atom is 0.0107 e. The van der Waals surface area contributed by atoms with Crippen molar-refractivity contribution in [2.75, 3.05) is 32.7 Å². The van der Waals surface area contributed by atoms with Gasteiger partial charge in [-0.25, -0.2) is 0 Å². The van der Waals surface area contributed by atoms with Crippen LogP contribution in [0.5, 0.6) is 0 Å². The van der Waals surface area contributed by atoms with Gasteiger partial charge in [0.15, 0.2) is 0 Å². The molecule has 1 aliphatic carbocycles. The highest BCUT2D eigenvalue weighted by Gasteiger charge is 2.36. The lowest BCUT2D eigenvalue weighted by molar-refractivity contribution is 0.109. The third kappa shape index (κ3) is 3.21. The fourth-order valence-electron chi connectivity index (χ4n) is 3.41. The van der Waals surface area contributed by atoms with E-state index in [1.54, 1.807) is 0 Å². The van der Waals surface area contributed by atoms with Gasteiger partial charge in [0, 0.05) is 13.1 Å². The highest BCUT2D eigenvalue weighted by atomic mass is 15.1. The Morgan fingerprint density at radius 2 is 1.69 bits per heavy atom. The molecule has 2 rings (SSSR count). The molecule has 1 aliphatic heterocycles. The van der Waals surface area contributed by atoms with Crippen molar-refractivity contribution in [2.45, 2.75) is 51.9 Å². The second kappa shape index (κ2) is 6.02. The van der Waals surface area contributed by atoms with Gasteiger partial charge in [-0.15, -0.1) is 0 Å². The minimum Gasteiger partial charge on any atom is -0.315 e. The van der Waals surface area contributed by atoms with E-state index >= 15 is 0 Å². The molecule has 2 nitrogen and oxygen atoms in total. The molecule has 2 aliphatic rings. The van der Waals surface area contributed by atoms with Crippen molar-refractivity contribution in [2.24, 2.45) is 5.41 Å². The lowest BCUT2D eigenvalue weighted by Gasteiger charge is -2.39. The molecule has 1 saturated carbocycles. The molecule has 1 saturated heterocycles. The van der Waals surface area contributed by atoms with Crippen molar-refractivity contribution in [1.29, 1.82) is 0 Å². The molecule has 0 atom stereocenters. The normalized spacial score (nSPS) is 25.3. The lowest BCUT2D eigenvalue weighted by atomic mass is 9.77. The van der Waals surface area contributed by atoms with Crippen molar-refractivity contribution < 1.29 is 0 Å². The molecule has 0 aromatic carbocycles. The molecule has 94 valence electrons. The molecule has 0 aromatic rings. The Bertz CT molecular complexity index is 187. The molecule has 1 spiro atoms. The van der Waals surface area contributed by atoms with Crippen LogP contribution in [0.2, 0.25) is 0 Å². The number of hydrogen-bond donors (Lipinski definition) is 1. The van der Waals surface area contributed by atoms with Crippen molar-refractivity contribution in [3.05, 3.63) is 0 Å². The summed E-state index contributed by atoms with van der Waals surface area (Å²) in [5.41, 5.74) is 0.785. The van der Waals surface area contributed by atoms with Gasteiger partial charge in [-0.05, 0) is 57.2 Å². The smallest absolute Gasteiger partial charge is 0.0107 e. The maximum absolute atomic E-state index is 3.50. The van der Waals surface area contributed by atoms with Gasteiger partial charge in [-0.1, -0.05) is 19.8 Å². The van der Waals surface area contributed by atoms with E-state index in [9.17, 15) is 0 Å². The van der Waals surface area contributed by atoms with Crippen LogP contribution >= 0.6 is 0 Å². The third-order valence-corrected chi connectivity index (χ3v) is 4.61. The van der Waals surface area contributed by atoms with Crippen LogP contribution in [0.4, 0.5) is 0 Å². The van der Waals surface area contributed by atoms with Gasteiger partial charge < -0.3 is 10.2 Å². The number of hydrogen-bond acceptors (Lipinski definition) is 2. The van der Waals surface area contributed by atoms with Crippen LogP contribution in [0.15, 0.2) is 0 Å². The summed E-state index contributed by atoms with van der Waals surface area (Å²) in [4.78, 5) is 2.66. The van der Waals surface area contributed by atoms with Gasteiger partial charge in [0.25, 0.3) is 0 Å². The van der Waals surface area contributed by atoms with Gasteiger partial charge in [-0.2, -0.15) is 0 Å². The predicted octanol–water partition coefficient (Wildman–Crippen LogP) is 2.64. The summed E-state index contributed by atoms with van der Waals surface area (Å²) in [6.45, 7) is 8.56. The van der Waals surface area contributed by atoms with E-state index < -0.39 is 0 Å². The van der Waals surface area contributed by atoms with E-state index in [1.807, 2.05) is 0 Å². The first-order chi connectivity index (χ1) is 7.85. The molecule has 1 heterocycles. The zero-order chi connectivity index (χ0) is 11.3. The SMILES string of the molecule is CCCNCCN1CCC2(CCCC2)CC1. The summed E-state index contributed by atoms with van der Waals surface area (Å²) in [6.07, 6.45) is 10.2. The van der Waals surface area contributed by atoms with E-state index in [2.05, 4.69) is 17.1 Å². The van der Waals surface area contributed by atoms with Gasteiger partial charge in [0.05, 0.1) is 0 Å². The minimum atomic E-state index is 0.785. The Kier molecular flexibility index (Phi) is 4.66. The van der Waals surface area contributed by atoms with E-state index in [-0.39, 0.29) is 0 Å². The zero-order valence-corrected chi connectivity index (χ0v) is 10.9. The summed E-state index contributed by atoms with van der Waals surface area (Å²) < 4.78 is 0. The monoisotopic (exact) mass is 224 g/mol. The molecular weight excluding hydrogens is 196 g/mol. The van der Waals surface area contributed by atoms with Gasteiger partial charge in [0.1, 0.15) is 0 Å². The fourth-order valence-corrected chi connectivity index (χ4v) is 3.41. The van der Waals surface area contributed by atoms with Crippen molar-refractivity contribution in [3.8, 4) is 0 Å². The van der Waals surface area contributed by atoms with Crippen LogP contribution in [-0.2, 0) is 0 Å². The number of likely N-dealkylation sites (tertiary alicyclic amines) is 1. The first-order valence-corrected chi connectivity index (χ1v) is 7.28. The maximum atomic E-state index is 3.50. The first-order valence-electron chi connectivity index (χ1n) is 7.28. The summed E-state index contributed by atoms with van der Waals surface area (Å²) in [5, 5.41) is 3.50. The third-order valence-electron chi connectivity index (χ3n) is 4.61. The Labute approximate surface area is 101 Å². The molecule has 0 aromatic heterocycles. The van der Waals surface area contributed by atoms with E-state index in [4.69, 9.17) is 0 Å². The topological polar surface area (TPSA) is 15.3 Å². The zero-order valence-electron chi connectivity index (χ0n) is 10.9. The Morgan fingerprint density at radius 1 is 1.00 bits per heavy atom. The molecule has 0 bridgehead atoms. The van der Waals surface area contributed by atoms with Crippen LogP contribution in [0.3, 0.4) is 0 Å². The molecule has 16 heavy (non-hydrogen) atoms. The first kappa shape index (κ1) is 12.4. The standard InChI is InChI=1S/C14H28N2/c1-2-9-15-10-13-16-11-7-14(8-12-16)5-3-4-6-14/h15H,2-13H2,1H3. The molecule has 2 fully saturated rings. The number of nitrogens with one attached hydrogen (secondary N) is 1. The highest BCUT2D eigenvalue weighted by Crippen LogP contribution is 2.45. The van der Waals surface area contributed by atoms with E-state index in [0.29, 0.717) is 0 Å². The lowest BCUT2D eigenvalue weighted by Crippen LogP contribution is -2.41. The number of nitrogens with zero attached hydrogens (tertiary/aromatic N) is 1. The summed E-state index contributed by atoms with van der Waals surface area (Å²) >= 11 is 0. The summed E-state index contributed by atoms with van der Waals surface area (Å²) in [6, 6.07) is 0. The second-order valence-electron chi connectivity index (χ2n) is 5.80. The van der Waals surface area contributed by atoms with E-state index in [0.717, 1.165) is 5.41 Å². The minimum absolute atomic E-state index is 0.785. The Morgan fingerprint density at radius 3 is 2.31 bits per heavy atom. The van der Waals surface area contributed by atoms with E-state index in [1.165, 1.54) is 77.7 Å². The average Bonchev–Trinajstić information content (AvgIpc) is 2.76. The second-order valence-corrected chi connectivity index (χ2v) is 5.80. The average molecular weight is 224 g/mol.